The Kier molecular flexibility index (Phi) is 8.17. The number of carbonyl (C=O) groups is 3. The van der Waals surface area contributed by atoms with Gasteiger partial charge in [0.05, 0.1) is 6.61 Å². The molecule has 2 atom stereocenters. The third kappa shape index (κ3) is 7.27. The Bertz CT molecular complexity index is 841. The molecule has 3 amide bonds. The Morgan fingerprint density at radius 3 is 2.31 bits per heavy atom. The van der Waals surface area contributed by atoms with Gasteiger partial charge in [-0.25, -0.2) is 4.79 Å². The molecule has 8 heteroatoms. The van der Waals surface area contributed by atoms with Crippen LogP contribution >= 0.6 is 0 Å². The first-order chi connectivity index (χ1) is 13.9. The van der Waals surface area contributed by atoms with Crippen molar-refractivity contribution in [3.8, 4) is 0 Å². The summed E-state index contributed by atoms with van der Waals surface area (Å²) in [7, 11) is 0. The van der Waals surface area contributed by atoms with Crippen LogP contribution in [0.25, 0.3) is 0 Å². The summed E-state index contributed by atoms with van der Waals surface area (Å²) in [4.78, 5) is 36.1. The zero-order chi connectivity index (χ0) is 21.2. The monoisotopic (exact) mass is 399 g/mol. The molecule has 0 aliphatic carbocycles. The van der Waals surface area contributed by atoms with E-state index in [-0.39, 0.29) is 13.0 Å². The summed E-state index contributed by atoms with van der Waals surface area (Å²) < 4.78 is 5.04. The van der Waals surface area contributed by atoms with Crippen LogP contribution in [0.2, 0.25) is 0 Å². The lowest BCUT2D eigenvalue weighted by molar-refractivity contribution is -0.129. The topological polar surface area (TPSA) is 131 Å². The second-order valence-electron chi connectivity index (χ2n) is 6.60. The number of ether oxygens (including phenoxy) is 1. The number of aliphatic hydroxyl groups is 1. The van der Waals surface area contributed by atoms with Crippen molar-refractivity contribution in [2.24, 2.45) is 5.73 Å². The molecule has 154 valence electrons. The van der Waals surface area contributed by atoms with E-state index in [0.717, 1.165) is 16.7 Å². The number of benzene rings is 2. The first-order valence-electron chi connectivity index (χ1n) is 9.12. The molecule has 0 aromatic heterocycles. The van der Waals surface area contributed by atoms with Crippen molar-refractivity contribution in [2.75, 3.05) is 6.61 Å². The van der Waals surface area contributed by atoms with E-state index in [1.807, 2.05) is 37.3 Å². The fourth-order valence-corrected chi connectivity index (χ4v) is 2.67. The molecule has 2 aromatic carbocycles. The Labute approximate surface area is 169 Å². The maximum Gasteiger partial charge on any atom is 0.408 e. The number of hydrogen-bond donors (Lipinski definition) is 4. The highest BCUT2D eigenvalue weighted by Crippen LogP contribution is 2.07. The van der Waals surface area contributed by atoms with E-state index in [0.29, 0.717) is 0 Å². The number of alkyl carbamates (subject to hydrolysis) is 1. The van der Waals surface area contributed by atoms with Crippen LogP contribution in [0.1, 0.15) is 16.7 Å². The minimum Gasteiger partial charge on any atom is -0.445 e. The van der Waals surface area contributed by atoms with Crippen LogP contribution in [0.4, 0.5) is 4.79 Å². The number of primary amides is 1. The summed E-state index contributed by atoms with van der Waals surface area (Å²) in [6.45, 7) is 1.26. The average molecular weight is 399 g/mol. The minimum absolute atomic E-state index is 0.0176. The molecule has 0 saturated carbocycles. The molecule has 0 fully saturated rings. The van der Waals surface area contributed by atoms with Crippen molar-refractivity contribution < 1.29 is 24.2 Å². The Hall–Kier alpha value is -3.39. The molecule has 5 N–H and O–H groups in total. The zero-order valence-electron chi connectivity index (χ0n) is 16.1. The number of aryl methyl sites for hydroxylation is 1. The van der Waals surface area contributed by atoms with Gasteiger partial charge in [-0.05, 0) is 18.1 Å². The smallest absolute Gasteiger partial charge is 0.408 e. The number of carbonyl (C=O) groups excluding carboxylic acids is 3. The molecule has 0 radical (unpaired) electrons. The van der Waals surface area contributed by atoms with Gasteiger partial charge in [0.15, 0.2) is 0 Å². The van der Waals surface area contributed by atoms with Crippen molar-refractivity contribution in [1.82, 2.24) is 10.6 Å². The third-order valence-corrected chi connectivity index (χ3v) is 4.19. The highest BCUT2D eigenvalue weighted by molar-refractivity contribution is 5.91. The molecule has 0 unspecified atom stereocenters. The molecular formula is C21H25N3O5. The number of nitrogens with one attached hydrogen (secondary N) is 2. The van der Waals surface area contributed by atoms with E-state index >= 15 is 0 Å². The van der Waals surface area contributed by atoms with Crippen LogP contribution in [-0.4, -0.2) is 41.7 Å². The van der Waals surface area contributed by atoms with E-state index < -0.39 is 36.6 Å². The molecule has 0 aliphatic heterocycles. The van der Waals surface area contributed by atoms with Crippen molar-refractivity contribution >= 4 is 17.9 Å². The summed E-state index contributed by atoms with van der Waals surface area (Å²) in [5.41, 5.74) is 8.01. The zero-order valence-corrected chi connectivity index (χ0v) is 16.1. The van der Waals surface area contributed by atoms with Gasteiger partial charge in [0.1, 0.15) is 18.7 Å². The van der Waals surface area contributed by atoms with Crippen LogP contribution in [0.15, 0.2) is 54.6 Å². The van der Waals surface area contributed by atoms with Gasteiger partial charge in [0.2, 0.25) is 11.8 Å². The molecule has 0 bridgehead atoms. The average Bonchev–Trinajstić information content (AvgIpc) is 2.70. The van der Waals surface area contributed by atoms with Crippen molar-refractivity contribution in [1.29, 1.82) is 0 Å². The molecule has 2 aromatic rings. The highest BCUT2D eigenvalue weighted by Gasteiger charge is 2.26. The lowest BCUT2D eigenvalue weighted by atomic mass is 10.0. The van der Waals surface area contributed by atoms with Gasteiger partial charge in [-0.15, -0.1) is 0 Å². The molecule has 2 rings (SSSR count). The Balaban J connectivity index is 1.92. The van der Waals surface area contributed by atoms with E-state index in [9.17, 15) is 19.5 Å². The van der Waals surface area contributed by atoms with Crippen molar-refractivity contribution in [3.63, 3.8) is 0 Å². The third-order valence-electron chi connectivity index (χ3n) is 4.19. The van der Waals surface area contributed by atoms with Crippen LogP contribution in [0.5, 0.6) is 0 Å². The minimum atomic E-state index is -1.28. The van der Waals surface area contributed by atoms with E-state index in [2.05, 4.69) is 10.6 Å². The number of rotatable bonds is 9. The van der Waals surface area contributed by atoms with Crippen LogP contribution in [0, 0.1) is 6.92 Å². The van der Waals surface area contributed by atoms with Crippen molar-refractivity contribution in [2.45, 2.75) is 32.0 Å². The van der Waals surface area contributed by atoms with Crippen molar-refractivity contribution in [3.05, 3.63) is 71.3 Å². The molecule has 0 spiro atoms. The molecule has 0 saturated heterocycles. The normalized spacial score (nSPS) is 12.5. The number of nitrogens with two attached hydrogens (primary N) is 1. The Morgan fingerprint density at radius 2 is 1.69 bits per heavy atom. The number of hydrogen-bond acceptors (Lipinski definition) is 5. The summed E-state index contributed by atoms with van der Waals surface area (Å²) in [5.74, 6) is -1.45. The standard InChI is InChI=1S/C21H25N3O5/c1-14-6-5-9-16(10-14)11-17(19(22)26)23-20(27)18(12-25)24-21(28)29-13-15-7-3-2-4-8-15/h2-10,17-18,25H,11-13H2,1H3,(H2,22,26)(H,23,27)(H,24,28)/t17-,18-/m0/s1. The Morgan fingerprint density at radius 1 is 1.00 bits per heavy atom. The summed E-state index contributed by atoms with van der Waals surface area (Å²) in [6, 6.07) is 14.2. The summed E-state index contributed by atoms with van der Waals surface area (Å²) in [6.07, 6.45) is -0.670. The molecule has 0 heterocycles. The van der Waals surface area contributed by atoms with Gasteiger partial charge in [-0.2, -0.15) is 0 Å². The lowest BCUT2D eigenvalue weighted by Gasteiger charge is -2.20. The second kappa shape index (κ2) is 10.8. The van der Waals surface area contributed by atoms with Crippen LogP contribution in [-0.2, 0) is 27.4 Å². The van der Waals surface area contributed by atoms with E-state index in [4.69, 9.17) is 10.5 Å². The lowest BCUT2D eigenvalue weighted by Crippen LogP contribution is -2.54. The molecule has 29 heavy (non-hydrogen) atoms. The van der Waals surface area contributed by atoms with Gasteiger partial charge >= 0.3 is 6.09 Å². The predicted octanol–water partition coefficient (Wildman–Crippen LogP) is 0.795. The number of aliphatic hydroxyl groups excluding tert-OH is 1. The maximum absolute atomic E-state index is 12.4. The van der Waals surface area contributed by atoms with Gasteiger partial charge in [0.25, 0.3) is 0 Å². The predicted molar refractivity (Wildman–Crippen MR) is 107 cm³/mol. The molecule has 8 nitrogen and oxygen atoms in total. The summed E-state index contributed by atoms with van der Waals surface area (Å²) in [5, 5.41) is 14.2. The molecule has 0 aliphatic rings. The quantitative estimate of drug-likeness (QED) is 0.495. The van der Waals surface area contributed by atoms with Gasteiger partial charge in [-0.3, -0.25) is 9.59 Å². The molecular weight excluding hydrogens is 374 g/mol. The fourth-order valence-electron chi connectivity index (χ4n) is 2.67. The van der Waals surface area contributed by atoms with E-state index in [1.165, 1.54) is 0 Å². The van der Waals surface area contributed by atoms with Gasteiger partial charge in [0, 0.05) is 6.42 Å². The number of amides is 3. The fraction of sp³-hybridized carbons (Fsp3) is 0.286. The highest BCUT2D eigenvalue weighted by atomic mass is 16.5. The maximum atomic E-state index is 12.4. The first kappa shape index (κ1) is 21.9. The SMILES string of the molecule is Cc1cccc(C[C@H](NC(=O)[C@H](CO)NC(=O)OCc2ccccc2)C(N)=O)c1. The second-order valence-corrected chi connectivity index (χ2v) is 6.60. The van der Waals surface area contributed by atoms with Crippen LogP contribution < -0.4 is 16.4 Å². The van der Waals surface area contributed by atoms with Gasteiger partial charge < -0.3 is 26.2 Å². The van der Waals surface area contributed by atoms with E-state index in [1.54, 1.807) is 24.3 Å². The largest absolute Gasteiger partial charge is 0.445 e. The summed E-state index contributed by atoms with van der Waals surface area (Å²) >= 11 is 0. The first-order valence-corrected chi connectivity index (χ1v) is 9.12. The van der Waals surface area contributed by atoms with Crippen LogP contribution in [0.3, 0.4) is 0 Å². The van der Waals surface area contributed by atoms with Gasteiger partial charge in [-0.1, -0.05) is 60.2 Å².